The third kappa shape index (κ3) is 1.92. The second-order valence-electron chi connectivity index (χ2n) is 2.09. The topological polar surface area (TPSA) is 17.1 Å². The summed E-state index contributed by atoms with van der Waals surface area (Å²) < 4.78 is 0. The van der Waals surface area contributed by atoms with E-state index in [2.05, 4.69) is 6.58 Å². The molecule has 0 N–H and O–H groups in total. The highest BCUT2D eigenvalue weighted by molar-refractivity contribution is 5.53. The molecule has 1 nitrogen and oxygen atoms in total. The summed E-state index contributed by atoms with van der Waals surface area (Å²) >= 11 is 0. The number of aldehydes is 1. The summed E-state index contributed by atoms with van der Waals surface area (Å²) in [5.74, 6) is 0.431. The molecule has 0 aromatic carbocycles. The van der Waals surface area contributed by atoms with Crippen molar-refractivity contribution < 1.29 is 4.79 Å². The molecule has 2 atom stereocenters. The van der Waals surface area contributed by atoms with Gasteiger partial charge >= 0.3 is 0 Å². The molecule has 0 spiro atoms. The first-order valence-corrected chi connectivity index (χ1v) is 2.80. The highest BCUT2D eigenvalue weighted by Gasteiger charge is 2.04. The van der Waals surface area contributed by atoms with E-state index in [1.165, 1.54) is 0 Å². The Kier molecular flexibility index (Phi) is 3.16. The van der Waals surface area contributed by atoms with Crippen molar-refractivity contribution in [2.24, 2.45) is 11.8 Å². The Morgan fingerprint density at radius 3 is 2.00 bits per heavy atom. The molecule has 0 aliphatic heterocycles. The first-order chi connectivity index (χ1) is 3.72. The lowest BCUT2D eigenvalue weighted by atomic mass is 9.98. The fourth-order valence-corrected chi connectivity index (χ4v) is 0.339. The van der Waals surface area contributed by atoms with E-state index >= 15 is 0 Å². The minimum absolute atomic E-state index is 0.118. The van der Waals surface area contributed by atoms with Crippen LogP contribution in [0.5, 0.6) is 0 Å². The molecule has 0 radical (unpaired) electrons. The van der Waals surface area contributed by atoms with E-state index in [1.807, 2.05) is 13.8 Å². The number of hydrogen-bond acceptors (Lipinski definition) is 1. The second-order valence-corrected chi connectivity index (χ2v) is 2.09. The number of hydrogen-bond donors (Lipinski definition) is 0. The Hall–Kier alpha value is -0.590. The monoisotopic (exact) mass is 112 g/mol. The van der Waals surface area contributed by atoms with Gasteiger partial charge in [-0.2, -0.15) is 0 Å². The molecule has 0 heterocycles. The highest BCUT2D eigenvalue weighted by Crippen LogP contribution is 2.07. The van der Waals surface area contributed by atoms with E-state index in [9.17, 15) is 4.79 Å². The molecule has 0 saturated carbocycles. The molecule has 0 aromatic heterocycles. The molecule has 8 heavy (non-hydrogen) atoms. The summed E-state index contributed by atoms with van der Waals surface area (Å²) in [6, 6.07) is 0. The number of rotatable bonds is 3. The summed E-state index contributed by atoms with van der Waals surface area (Å²) in [7, 11) is 0. The maximum Gasteiger partial charge on any atom is 0.123 e. The van der Waals surface area contributed by atoms with E-state index < -0.39 is 0 Å². The Morgan fingerprint density at radius 1 is 1.38 bits per heavy atom. The van der Waals surface area contributed by atoms with Gasteiger partial charge in [0.15, 0.2) is 0 Å². The Balaban J connectivity index is 3.60. The normalized spacial score (nSPS) is 16.8. The van der Waals surface area contributed by atoms with Crippen molar-refractivity contribution in [3.63, 3.8) is 0 Å². The van der Waals surface area contributed by atoms with Crippen molar-refractivity contribution in [1.29, 1.82) is 0 Å². The van der Waals surface area contributed by atoms with Crippen LogP contribution in [-0.2, 0) is 4.79 Å². The zero-order valence-electron chi connectivity index (χ0n) is 5.42. The van der Waals surface area contributed by atoms with Crippen LogP contribution in [0.15, 0.2) is 12.7 Å². The van der Waals surface area contributed by atoms with Crippen LogP contribution in [0.25, 0.3) is 0 Å². The SMILES string of the molecule is C=C[C@H](C)[C@@H](C)C=O. The second kappa shape index (κ2) is 3.42. The molecular weight excluding hydrogens is 100 g/mol. The fraction of sp³-hybridized carbons (Fsp3) is 0.571. The molecule has 0 aliphatic rings. The van der Waals surface area contributed by atoms with Gasteiger partial charge in [-0.1, -0.05) is 19.9 Å². The zero-order valence-corrected chi connectivity index (χ0v) is 5.42. The van der Waals surface area contributed by atoms with Gasteiger partial charge in [-0.25, -0.2) is 0 Å². The van der Waals surface area contributed by atoms with Crippen LogP contribution in [0.4, 0.5) is 0 Å². The van der Waals surface area contributed by atoms with E-state index in [0.717, 1.165) is 6.29 Å². The molecule has 0 saturated heterocycles. The molecule has 0 aromatic rings. The number of carbonyl (C=O) groups excluding carboxylic acids is 1. The van der Waals surface area contributed by atoms with Gasteiger partial charge in [-0.3, -0.25) is 0 Å². The van der Waals surface area contributed by atoms with E-state index in [1.54, 1.807) is 6.08 Å². The quantitative estimate of drug-likeness (QED) is 0.400. The first kappa shape index (κ1) is 7.41. The number of allylic oxidation sites excluding steroid dienone is 1. The van der Waals surface area contributed by atoms with Crippen LogP contribution in [0, 0.1) is 11.8 Å². The molecule has 0 amide bonds. The van der Waals surface area contributed by atoms with Gasteiger partial charge in [0.1, 0.15) is 6.29 Å². The standard InChI is InChI=1S/C7H12O/c1-4-6(2)7(3)5-8/h4-7H,1H2,2-3H3/t6-,7-/m0/s1. The van der Waals surface area contributed by atoms with Gasteiger partial charge in [0, 0.05) is 5.92 Å². The Labute approximate surface area is 50.4 Å². The van der Waals surface area contributed by atoms with Crippen molar-refractivity contribution in [3.8, 4) is 0 Å². The minimum atomic E-state index is 0.118. The predicted octanol–water partition coefficient (Wildman–Crippen LogP) is 1.64. The predicted molar refractivity (Wildman–Crippen MR) is 34.6 cm³/mol. The lowest BCUT2D eigenvalue weighted by Crippen LogP contribution is -2.04. The molecular formula is C7H12O. The van der Waals surface area contributed by atoms with Crippen LogP contribution < -0.4 is 0 Å². The third-order valence-corrected chi connectivity index (χ3v) is 1.42. The summed E-state index contributed by atoms with van der Waals surface area (Å²) in [5.41, 5.74) is 0. The lowest BCUT2D eigenvalue weighted by Gasteiger charge is -2.06. The molecule has 1 heteroatoms. The summed E-state index contributed by atoms with van der Waals surface area (Å²) in [6.07, 6.45) is 2.74. The maximum atomic E-state index is 10.1. The smallest absolute Gasteiger partial charge is 0.123 e. The minimum Gasteiger partial charge on any atom is -0.303 e. The van der Waals surface area contributed by atoms with Crippen LogP contribution in [0.3, 0.4) is 0 Å². The van der Waals surface area contributed by atoms with Crippen molar-refractivity contribution in [2.75, 3.05) is 0 Å². The highest BCUT2D eigenvalue weighted by atomic mass is 16.1. The van der Waals surface area contributed by atoms with Crippen LogP contribution in [0.1, 0.15) is 13.8 Å². The average molecular weight is 112 g/mol. The van der Waals surface area contributed by atoms with E-state index in [4.69, 9.17) is 0 Å². The lowest BCUT2D eigenvalue weighted by molar-refractivity contribution is -0.111. The van der Waals surface area contributed by atoms with Crippen LogP contribution in [0.2, 0.25) is 0 Å². The third-order valence-electron chi connectivity index (χ3n) is 1.42. The largest absolute Gasteiger partial charge is 0.303 e. The van der Waals surface area contributed by atoms with Crippen molar-refractivity contribution >= 4 is 6.29 Å². The van der Waals surface area contributed by atoms with E-state index in [-0.39, 0.29) is 5.92 Å². The molecule has 46 valence electrons. The van der Waals surface area contributed by atoms with Gasteiger partial charge in [0.05, 0.1) is 0 Å². The summed E-state index contributed by atoms with van der Waals surface area (Å²) in [4.78, 5) is 10.1. The molecule has 0 unspecified atom stereocenters. The average Bonchev–Trinajstić information content (AvgIpc) is 1.84. The van der Waals surface area contributed by atoms with Gasteiger partial charge in [0.25, 0.3) is 0 Å². The summed E-state index contributed by atoms with van der Waals surface area (Å²) in [6.45, 7) is 7.44. The molecule has 0 bridgehead atoms. The van der Waals surface area contributed by atoms with Crippen molar-refractivity contribution in [3.05, 3.63) is 12.7 Å². The Bertz CT molecular complexity index is 74.4. The number of carbonyl (C=O) groups is 1. The van der Waals surface area contributed by atoms with Crippen LogP contribution >= 0.6 is 0 Å². The van der Waals surface area contributed by atoms with Gasteiger partial charge in [-0.05, 0) is 5.92 Å². The first-order valence-electron chi connectivity index (χ1n) is 2.80. The fourth-order valence-electron chi connectivity index (χ4n) is 0.339. The molecule has 0 fully saturated rings. The van der Waals surface area contributed by atoms with Gasteiger partial charge < -0.3 is 4.79 Å². The zero-order chi connectivity index (χ0) is 6.57. The van der Waals surface area contributed by atoms with Crippen LogP contribution in [-0.4, -0.2) is 6.29 Å². The Morgan fingerprint density at radius 2 is 1.88 bits per heavy atom. The van der Waals surface area contributed by atoms with Crippen molar-refractivity contribution in [2.45, 2.75) is 13.8 Å². The van der Waals surface area contributed by atoms with Gasteiger partial charge in [-0.15, -0.1) is 6.58 Å². The maximum absolute atomic E-state index is 10.1. The van der Waals surface area contributed by atoms with E-state index in [0.29, 0.717) is 5.92 Å². The van der Waals surface area contributed by atoms with Gasteiger partial charge in [0.2, 0.25) is 0 Å². The van der Waals surface area contributed by atoms with Crippen molar-refractivity contribution in [1.82, 2.24) is 0 Å². The molecule has 0 aliphatic carbocycles. The summed E-state index contributed by atoms with van der Waals surface area (Å²) in [5, 5.41) is 0. The molecule has 0 rings (SSSR count).